The van der Waals surface area contributed by atoms with Crippen molar-refractivity contribution in [2.75, 3.05) is 12.8 Å². The van der Waals surface area contributed by atoms with Crippen molar-refractivity contribution in [1.82, 2.24) is 4.57 Å². The van der Waals surface area contributed by atoms with E-state index in [1.807, 2.05) is 18.2 Å². The number of halogens is 1. The van der Waals surface area contributed by atoms with Gasteiger partial charge in [-0.05, 0) is 45.8 Å². The van der Waals surface area contributed by atoms with E-state index in [9.17, 15) is 4.79 Å². The largest absolute Gasteiger partial charge is 0.497 e. The number of hydrogen-bond donors (Lipinski definition) is 1. The molecule has 0 aliphatic heterocycles. The van der Waals surface area contributed by atoms with Gasteiger partial charge in [0.2, 0.25) is 0 Å². The lowest BCUT2D eigenvalue weighted by molar-refractivity contribution is 0.414. The van der Waals surface area contributed by atoms with Gasteiger partial charge in [0.05, 0.1) is 18.1 Å². The third kappa shape index (κ3) is 2.73. The molecule has 0 amide bonds. The number of methoxy groups -OCH3 is 1. The van der Waals surface area contributed by atoms with Gasteiger partial charge in [-0.2, -0.15) is 0 Å². The summed E-state index contributed by atoms with van der Waals surface area (Å²) in [4.78, 5) is 11.9. The van der Waals surface area contributed by atoms with Gasteiger partial charge in [0.1, 0.15) is 5.75 Å². The van der Waals surface area contributed by atoms with Gasteiger partial charge >= 0.3 is 0 Å². The first-order valence-electron chi connectivity index (χ1n) is 5.38. The molecule has 4 nitrogen and oxygen atoms in total. The predicted molar refractivity (Wildman–Crippen MR) is 74.9 cm³/mol. The van der Waals surface area contributed by atoms with Crippen molar-refractivity contribution >= 4 is 21.6 Å². The highest BCUT2D eigenvalue weighted by Gasteiger charge is 2.03. The molecule has 18 heavy (non-hydrogen) atoms. The Morgan fingerprint density at radius 3 is 2.89 bits per heavy atom. The van der Waals surface area contributed by atoms with Crippen LogP contribution in [0.25, 0.3) is 0 Å². The molecule has 0 spiro atoms. The average Bonchev–Trinajstić information content (AvgIpc) is 2.34. The Bertz CT molecular complexity index is 623. The van der Waals surface area contributed by atoms with Crippen molar-refractivity contribution in [1.29, 1.82) is 0 Å². The molecule has 5 heteroatoms. The Kier molecular flexibility index (Phi) is 3.72. The maximum absolute atomic E-state index is 11.9. The van der Waals surface area contributed by atoms with Gasteiger partial charge in [-0.15, -0.1) is 0 Å². The molecule has 1 aromatic carbocycles. The maximum Gasteiger partial charge on any atom is 0.265 e. The summed E-state index contributed by atoms with van der Waals surface area (Å²) in [6.45, 7) is 0.458. The fraction of sp³-hybridized carbons (Fsp3) is 0.154. The number of pyridine rings is 1. The molecule has 0 saturated heterocycles. The van der Waals surface area contributed by atoms with Gasteiger partial charge in [0, 0.05) is 18.0 Å². The van der Waals surface area contributed by atoms with Gasteiger partial charge < -0.3 is 15.0 Å². The van der Waals surface area contributed by atoms with Gasteiger partial charge in [0.25, 0.3) is 5.56 Å². The molecule has 0 radical (unpaired) electrons. The van der Waals surface area contributed by atoms with Crippen LogP contribution in [0.15, 0.2) is 45.8 Å². The SMILES string of the molecule is COc1cc(N)cc(Cn2cccc(Br)c2=O)c1. The van der Waals surface area contributed by atoms with E-state index in [2.05, 4.69) is 15.9 Å². The summed E-state index contributed by atoms with van der Waals surface area (Å²) in [6.07, 6.45) is 1.74. The number of nitrogens with zero attached hydrogens (tertiary/aromatic N) is 1. The van der Waals surface area contributed by atoms with Crippen LogP contribution in [0.4, 0.5) is 5.69 Å². The summed E-state index contributed by atoms with van der Waals surface area (Å²) < 4.78 is 7.30. The number of nitrogens with two attached hydrogens (primary N) is 1. The molecule has 2 N–H and O–H groups in total. The number of ether oxygens (including phenoxy) is 1. The first kappa shape index (κ1) is 12.7. The minimum atomic E-state index is -0.0705. The molecular formula is C13H13BrN2O2. The van der Waals surface area contributed by atoms with E-state index in [1.54, 1.807) is 30.0 Å². The van der Waals surface area contributed by atoms with Crippen molar-refractivity contribution in [3.63, 3.8) is 0 Å². The standard InChI is InChI=1S/C13H13BrN2O2/c1-18-11-6-9(5-10(15)7-11)8-16-4-2-3-12(14)13(16)17/h2-7H,8,15H2,1H3. The maximum atomic E-state index is 11.9. The monoisotopic (exact) mass is 308 g/mol. The first-order chi connectivity index (χ1) is 8.60. The van der Waals surface area contributed by atoms with Crippen molar-refractivity contribution in [3.05, 3.63) is 56.9 Å². The second-order valence-corrected chi connectivity index (χ2v) is 4.76. The number of anilines is 1. The summed E-state index contributed by atoms with van der Waals surface area (Å²) in [5.41, 5.74) is 7.25. The number of nitrogen functional groups attached to an aromatic ring is 1. The molecule has 0 bridgehead atoms. The lowest BCUT2D eigenvalue weighted by atomic mass is 10.2. The van der Waals surface area contributed by atoms with Crippen LogP contribution in [0.1, 0.15) is 5.56 Å². The predicted octanol–water partition coefficient (Wildman–Crippen LogP) is 2.25. The summed E-state index contributed by atoms with van der Waals surface area (Å²) in [6, 6.07) is 8.97. The van der Waals surface area contributed by atoms with Crippen molar-refractivity contribution in [3.8, 4) is 5.75 Å². The zero-order valence-electron chi connectivity index (χ0n) is 9.89. The minimum Gasteiger partial charge on any atom is -0.497 e. The van der Waals surface area contributed by atoms with Crippen LogP contribution in [-0.2, 0) is 6.54 Å². The smallest absolute Gasteiger partial charge is 0.265 e. The van der Waals surface area contributed by atoms with E-state index in [-0.39, 0.29) is 5.56 Å². The molecule has 0 saturated carbocycles. The van der Waals surface area contributed by atoms with Crippen LogP contribution in [0.3, 0.4) is 0 Å². The summed E-state index contributed by atoms with van der Waals surface area (Å²) in [5, 5.41) is 0. The summed E-state index contributed by atoms with van der Waals surface area (Å²) >= 11 is 3.22. The Morgan fingerprint density at radius 1 is 1.39 bits per heavy atom. The Labute approximate surface area is 113 Å². The van der Waals surface area contributed by atoms with Crippen LogP contribution in [0.5, 0.6) is 5.75 Å². The molecule has 0 aliphatic rings. The van der Waals surface area contributed by atoms with E-state index < -0.39 is 0 Å². The van der Waals surface area contributed by atoms with E-state index >= 15 is 0 Å². The molecular weight excluding hydrogens is 296 g/mol. The van der Waals surface area contributed by atoms with E-state index in [1.165, 1.54) is 0 Å². The van der Waals surface area contributed by atoms with Gasteiger partial charge in [-0.1, -0.05) is 0 Å². The van der Waals surface area contributed by atoms with Gasteiger partial charge in [-0.3, -0.25) is 4.79 Å². The zero-order valence-corrected chi connectivity index (χ0v) is 11.5. The van der Waals surface area contributed by atoms with E-state index in [4.69, 9.17) is 10.5 Å². The molecule has 0 fully saturated rings. The molecule has 1 aromatic heterocycles. The Morgan fingerprint density at radius 2 is 2.17 bits per heavy atom. The first-order valence-corrected chi connectivity index (χ1v) is 6.18. The lowest BCUT2D eigenvalue weighted by Crippen LogP contribution is -2.20. The minimum absolute atomic E-state index is 0.0705. The van der Waals surface area contributed by atoms with Crippen molar-refractivity contribution in [2.24, 2.45) is 0 Å². The van der Waals surface area contributed by atoms with Crippen molar-refractivity contribution < 1.29 is 4.74 Å². The second kappa shape index (κ2) is 5.27. The van der Waals surface area contributed by atoms with Crippen LogP contribution in [-0.4, -0.2) is 11.7 Å². The van der Waals surface area contributed by atoms with Crippen molar-refractivity contribution in [2.45, 2.75) is 6.54 Å². The van der Waals surface area contributed by atoms with E-state index in [0.717, 1.165) is 5.56 Å². The molecule has 1 heterocycles. The highest BCUT2D eigenvalue weighted by molar-refractivity contribution is 9.10. The summed E-state index contributed by atoms with van der Waals surface area (Å²) in [7, 11) is 1.59. The van der Waals surface area contributed by atoms with Gasteiger partial charge in [0.15, 0.2) is 0 Å². The topological polar surface area (TPSA) is 57.2 Å². The number of benzene rings is 1. The Hall–Kier alpha value is -1.75. The lowest BCUT2D eigenvalue weighted by Gasteiger charge is -2.09. The van der Waals surface area contributed by atoms with Gasteiger partial charge in [-0.25, -0.2) is 0 Å². The third-order valence-corrected chi connectivity index (χ3v) is 3.15. The van der Waals surface area contributed by atoms with E-state index in [0.29, 0.717) is 22.5 Å². The Balaban J connectivity index is 2.37. The fourth-order valence-corrected chi connectivity index (χ4v) is 2.10. The van der Waals surface area contributed by atoms with Crippen LogP contribution >= 0.6 is 15.9 Å². The second-order valence-electron chi connectivity index (χ2n) is 3.90. The number of rotatable bonds is 3. The van der Waals surface area contributed by atoms with Crippen LogP contribution in [0.2, 0.25) is 0 Å². The number of hydrogen-bond acceptors (Lipinski definition) is 3. The fourth-order valence-electron chi connectivity index (χ4n) is 1.72. The quantitative estimate of drug-likeness (QED) is 0.885. The molecule has 2 rings (SSSR count). The van der Waals surface area contributed by atoms with Crippen LogP contribution in [0, 0.1) is 0 Å². The number of aromatic nitrogens is 1. The molecule has 0 atom stereocenters. The third-order valence-electron chi connectivity index (χ3n) is 2.55. The highest BCUT2D eigenvalue weighted by atomic mass is 79.9. The molecule has 0 unspecified atom stereocenters. The van der Waals surface area contributed by atoms with Crippen LogP contribution < -0.4 is 16.0 Å². The molecule has 94 valence electrons. The normalized spacial score (nSPS) is 10.3. The average molecular weight is 309 g/mol. The highest BCUT2D eigenvalue weighted by Crippen LogP contribution is 2.19. The zero-order chi connectivity index (χ0) is 13.1. The molecule has 2 aromatic rings. The molecule has 0 aliphatic carbocycles. The summed E-state index contributed by atoms with van der Waals surface area (Å²) in [5.74, 6) is 0.688.